The summed E-state index contributed by atoms with van der Waals surface area (Å²) in [6, 6.07) is 5.51. The zero-order chi connectivity index (χ0) is 11.4. The third-order valence-electron chi connectivity index (χ3n) is 2.17. The van der Waals surface area contributed by atoms with Crippen molar-refractivity contribution in [2.24, 2.45) is 5.92 Å². The van der Waals surface area contributed by atoms with Gasteiger partial charge in [0.15, 0.2) is 0 Å². The number of nitrogen functional groups attached to an aromatic ring is 1. The SMILES string of the molecule is COC(=O)c1cc(CC(C)C)ccc1N. The minimum absolute atomic E-state index is 0.377. The van der Waals surface area contributed by atoms with Crippen molar-refractivity contribution in [3.8, 4) is 0 Å². The second kappa shape index (κ2) is 4.82. The van der Waals surface area contributed by atoms with Gasteiger partial charge in [-0.3, -0.25) is 0 Å². The number of ether oxygens (including phenoxy) is 1. The van der Waals surface area contributed by atoms with Crippen LogP contribution in [0.1, 0.15) is 29.8 Å². The fraction of sp³-hybridized carbons (Fsp3) is 0.417. The molecule has 0 heterocycles. The van der Waals surface area contributed by atoms with E-state index in [0.717, 1.165) is 12.0 Å². The lowest BCUT2D eigenvalue weighted by Gasteiger charge is -2.08. The van der Waals surface area contributed by atoms with Gasteiger partial charge in [-0.1, -0.05) is 19.9 Å². The third kappa shape index (κ3) is 2.98. The first kappa shape index (κ1) is 11.6. The number of benzene rings is 1. The van der Waals surface area contributed by atoms with Crippen molar-refractivity contribution in [1.29, 1.82) is 0 Å². The van der Waals surface area contributed by atoms with Gasteiger partial charge >= 0.3 is 5.97 Å². The van der Waals surface area contributed by atoms with E-state index in [4.69, 9.17) is 5.73 Å². The van der Waals surface area contributed by atoms with Gasteiger partial charge in [0.25, 0.3) is 0 Å². The fourth-order valence-corrected chi connectivity index (χ4v) is 1.49. The van der Waals surface area contributed by atoms with Gasteiger partial charge in [-0.2, -0.15) is 0 Å². The van der Waals surface area contributed by atoms with E-state index < -0.39 is 0 Å². The van der Waals surface area contributed by atoms with Crippen molar-refractivity contribution in [3.05, 3.63) is 29.3 Å². The smallest absolute Gasteiger partial charge is 0.339 e. The Hall–Kier alpha value is -1.51. The molecule has 0 amide bonds. The topological polar surface area (TPSA) is 52.3 Å². The van der Waals surface area contributed by atoms with Crippen LogP contribution < -0.4 is 5.73 Å². The summed E-state index contributed by atoms with van der Waals surface area (Å²) in [6.07, 6.45) is 0.935. The van der Waals surface area contributed by atoms with Gasteiger partial charge in [0.05, 0.1) is 12.7 Å². The number of methoxy groups -OCH3 is 1. The predicted octanol–water partition coefficient (Wildman–Crippen LogP) is 2.25. The fourth-order valence-electron chi connectivity index (χ4n) is 1.49. The highest BCUT2D eigenvalue weighted by atomic mass is 16.5. The van der Waals surface area contributed by atoms with Gasteiger partial charge < -0.3 is 10.5 Å². The molecule has 82 valence electrons. The Bertz CT molecular complexity index is 359. The van der Waals surface area contributed by atoms with Gasteiger partial charge in [0, 0.05) is 5.69 Å². The van der Waals surface area contributed by atoms with E-state index in [1.54, 1.807) is 12.1 Å². The molecule has 1 aromatic rings. The number of anilines is 1. The molecule has 0 saturated carbocycles. The zero-order valence-electron chi connectivity index (χ0n) is 9.41. The van der Waals surface area contributed by atoms with Crippen LogP contribution in [0.2, 0.25) is 0 Å². The van der Waals surface area contributed by atoms with Crippen LogP contribution in [0.3, 0.4) is 0 Å². The van der Waals surface area contributed by atoms with E-state index >= 15 is 0 Å². The number of carbonyl (C=O) groups is 1. The highest BCUT2D eigenvalue weighted by molar-refractivity contribution is 5.95. The minimum atomic E-state index is -0.377. The van der Waals surface area contributed by atoms with Crippen molar-refractivity contribution in [2.75, 3.05) is 12.8 Å². The summed E-state index contributed by atoms with van der Waals surface area (Å²) in [5.74, 6) is 0.178. The van der Waals surface area contributed by atoms with Crippen molar-refractivity contribution >= 4 is 11.7 Å². The van der Waals surface area contributed by atoms with Crippen LogP contribution >= 0.6 is 0 Å². The molecular weight excluding hydrogens is 190 g/mol. The van der Waals surface area contributed by atoms with Gasteiger partial charge in [-0.05, 0) is 30.0 Å². The van der Waals surface area contributed by atoms with Crippen molar-refractivity contribution in [3.63, 3.8) is 0 Å². The molecule has 15 heavy (non-hydrogen) atoms. The first-order valence-electron chi connectivity index (χ1n) is 5.01. The molecule has 0 aliphatic rings. The van der Waals surface area contributed by atoms with Crippen molar-refractivity contribution in [1.82, 2.24) is 0 Å². The van der Waals surface area contributed by atoms with Crippen LogP contribution in [-0.4, -0.2) is 13.1 Å². The maximum Gasteiger partial charge on any atom is 0.339 e. The maximum absolute atomic E-state index is 11.4. The Morgan fingerprint density at radius 2 is 2.13 bits per heavy atom. The average Bonchev–Trinajstić information content (AvgIpc) is 2.19. The van der Waals surface area contributed by atoms with Gasteiger partial charge in [-0.25, -0.2) is 4.79 Å². The monoisotopic (exact) mass is 207 g/mol. The molecule has 2 N–H and O–H groups in total. The lowest BCUT2D eigenvalue weighted by molar-refractivity contribution is 0.0602. The Morgan fingerprint density at radius 1 is 1.47 bits per heavy atom. The highest BCUT2D eigenvalue weighted by Crippen LogP contribution is 2.17. The second-order valence-corrected chi connectivity index (χ2v) is 4.01. The molecular formula is C12H17NO2. The molecule has 3 nitrogen and oxygen atoms in total. The van der Waals surface area contributed by atoms with E-state index in [2.05, 4.69) is 18.6 Å². The second-order valence-electron chi connectivity index (χ2n) is 4.01. The first-order chi connectivity index (χ1) is 7.04. The predicted molar refractivity (Wildman–Crippen MR) is 60.7 cm³/mol. The quantitative estimate of drug-likeness (QED) is 0.611. The van der Waals surface area contributed by atoms with E-state index in [1.165, 1.54) is 7.11 Å². The lowest BCUT2D eigenvalue weighted by Crippen LogP contribution is -2.07. The molecule has 1 rings (SSSR count). The van der Waals surface area contributed by atoms with Gasteiger partial charge in [0.2, 0.25) is 0 Å². The number of esters is 1. The third-order valence-corrected chi connectivity index (χ3v) is 2.17. The van der Waals surface area contributed by atoms with Crippen molar-refractivity contribution < 1.29 is 9.53 Å². The summed E-state index contributed by atoms with van der Waals surface area (Å²) >= 11 is 0. The van der Waals surface area contributed by atoms with E-state index in [-0.39, 0.29) is 5.97 Å². The summed E-state index contributed by atoms with van der Waals surface area (Å²) < 4.78 is 4.66. The molecule has 0 aliphatic heterocycles. The molecule has 0 fully saturated rings. The maximum atomic E-state index is 11.4. The summed E-state index contributed by atoms with van der Waals surface area (Å²) in [5, 5.41) is 0. The number of hydrogen-bond donors (Lipinski definition) is 1. The summed E-state index contributed by atoms with van der Waals surface area (Å²) in [6.45, 7) is 4.27. The zero-order valence-corrected chi connectivity index (χ0v) is 9.41. The molecule has 0 radical (unpaired) electrons. The van der Waals surface area contributed by atoms with E-state index in [9.17, 15) is 4.79 Å². The molecule has 0 bridgehead atoms. The molecule has 1 aromatic carbocycles. The Morgan fingerprint density at radius 3 is 2.67 bits per heavy atom. The standard InChI is InChI=1S/C12H17NO2/c1-8(2)6-9-4-5-11(13)10(7-9)12(14)15-3/h4-5,7-8H,6,13H2,1-3H3. The van der Waals surface area contributed by atoms with E-state index in [0.29, 0.717) is 17.2 Å². The van der Waals surface area contributed by atoms with Crippen LogP contribution in [0.15, 0.2) is 18.2 Å². The molecule has 3 heteroatoms. The molecule has 0 atom stereocenters. The summed E-state index contributed by atoms with van der Waals surface area (Å²) in [5.41, 5.74) is 7.73. The number of hydrogen-bond acceptors (Lipinski definition) is 3. The molecule has 0 aliphatic carbocycles. The van der Waals surface area contributed by atoms with Gasteiger partial charge in [-0.15, -0.1) is 0 Å². The number of nitrogens with two attached hydrogens (primary N) is 1. The van der Waals surface area contributed by atoms with Crippen LogP contribution in [0.4, 0.5) is 5.69 Å². The van der Waals surface area contributed by atoms with Crippen LogP contribution in [0, 0.1) is 5.92 Å². The average molecular weight is 207 g/mol. The molecule has 0 saturated heterocycles. The first-order valence-corrected chi connectivity index (χ1v) is 5.01. The number of rotatable bonds is 3. The Labute approximate surface area is 90.2 Å². The lowest BCUT2D eigenvalue weighted by atomic mass is 10.0. The summed E-state index contributed by atoms with van der Waals surface area (Å²) in [7, 11) is 1.36. The Kier molecular flexibility index (Phi) is 3.72. The molecule has 0 aromatic heterocycles. The van der Waals surface area contributed by atoms with Crippen LogP contribution in [0.5, 0.6) is 0 Å². The normalized spacial score (nSPS) is 10.4. The van der Waals surface area contributed by atoms with E-state index in [1.807, 2.05) is 6.07 Å². The highest BCUT2D eigenvalue weighted by Gasteiger charge is 2.10. The van der Waals surface area contributed by atoms with Crippen LogP contribution in [-0.2, 0) is 11.2 Å². The van der Waals surface area contributed by atoms with Gasteiger partial charge in [0.1, 0.15) is 0 Å². The van der Waals surface area contributed by atoms with Crippen molar-refractivity contribution in [2.45, 2.75) is 20.3 Å². The largest absolute Gasteiger partial charge is 0.465 e. The molecule has 0 spiro atoms. The minimum Gasteiger partial charge on any atom is -0.465 e. The summed E-state index contributed by atoms with van der Waals surface area (Å²) in [4.78, 5) is 11.4. The Balaban J connectivity index is 3.00. The molecule has 0 unspecified atom stereocenters. The van der Waals surface area contributed by atoms with Crippen LogP contribution in [0.25, 0.3) is 0 Å². The number of carbonyl (C=O) groups excluding carboxylic acids is 1.